The number of benzene rings is 3. The Labute approximate surface area is 315 Å². The van der Waals surface area contributed by atoms with Crippen molar-refractivity contribution in [1.82, 2.24) is 25.8 Å². The minimum absolute atomic E-state index is 0.0927. The van der Waals surface area contributed by atoms with Crippen LogP contribution in [0.1, 0.15) is 142 Å². The van der Waals surface area contributed by atoms with E-state index in [1.165, 1.54) is 77.3 Å². The highest BCUT2D eigenvalue weighted by molar-refractivity contribution is 5.89. The zero-order valence-electron chi connectivity index (χ0n) is 31.3. The molecular weight excluding hydrogens is 657 g/mol. The normalized spacial score (nSPS) is 30.1. The number of carbonyl (C=O) groups is 2. The van der Waals surface area contributed by atoms with Gasteiger partial charge in [0.2, 0.25) is 0 Å². The van der Waals surface area contributed by atoms with E-state index in [2.05, 4.69) is 79.6 Å². The van der Waals surface area contributed by atoms with Gasteiger partial charge < -0.3 is 21.3 Å². The summed E-state index contributed by atoms with van der Waals surface area (Å²) >= 11 is 0. The standard InChI is InChI=1S/C45H58N6O2/c52-44(47-33-15-9-30(10-16-33)25-27-50-40-21-22-41(50)37-6-2-1-5-36(37)40)46-29-32-13-19-35(20-14-32)49-45(53)48-34-17-11-31(12-18-34)26-28-51-42-23-24-43(51)39-8-4-3-7-38(39)42/h1-8,13-14,19-20,30-31,33-34,40-43H,9-12,15-18,21-29H2,(H2,46,47,52)(H2,48,49,53). The van der Waals surface area contributed by atoms with Crippen molar-refractivity contribution in [2.75, 3.05) is 18.4 Å². The molecule has 53 heavy (non-hydrogen) atoms. The van der Waals surface area contributed by atoms with E-state index in [0.717, 1.165) is 48.8 Å². The van der Waals surface area contributed by atoms with Crippen molar-refractivity contribution in [3.63, 3.8) is 0 Å². The van der Waals surface area contributed by atoms with Crippen LogP contribution in [0.25, 0.3) is 0 Å². The molecule has 4 fully saturated rings. The van der Waals surface area contributed by atoms with Gasteiger partial charge in [-0.05, 0) is 155 Å². The molecule has 2 aliphatic carbocycles. The lowest BCUT2D eigenvalue weighted by molar-refractivity contribution is 0.185. The van der Waals surface area contributed by atoms with Crippen molar-refractivity contribution in [2.24, 2.45) is 11.8 Å². The maximum absolute atomic E-state index is 12.8. The van der Waals surface area contributed by atoms with Crippen LogP contribution < -0.4 is 21.3 Å². The molecule has 9 rings (SSSR count). The molecule has 2 saturated carbocycles. The third kappa shape index (κ3) is 7.46. The van der Waals surface area contributed by atoms with Crippen LogP contribution in [0.5, 0.6) is 0 Å². The molecule has 0 radical (unpaired) electrons. The molecule has 4 heterocycles. The fourth-order valence-corrected chi connectivity index (χ4v) is 11.3. The molecule has 4 aliphatic heterocycles. The smallest absolute Gasteiger partial charge is 0.319 e. The lowest BCUT2D eigenvalue weighted by Crippen LogP contribution is -2.43. The van der Waals surface area contributed by atoms with Crippen LogP contribution in [0, 0.1) is 11.8 Å². The largest absolute Gasteiger partial charge is 0.335 e. The Hall–Kier alpha value is -3.88. The lowest BCUT2D eigenvalue weighted by Gasteiger charge is -2.31. The number of nitrogens with zero attached hydrogens (tertiary/aromatic N) is 2. The molecule has 4 bridgehead atoms. The quantitative estimate of drug-likeness (QED) is 0.160. The Balaban J connectivity index is 0.634. The molecule has 0 aromatic heterocycles. The Bertz CT molecular complexity index is 1680. The van der Waals surface area contributed by atoms with Crippen LogP contribution in [0.4, 0.5) is 15.3 Å². The van der Waals surface area contributed by atoms with Crippen molar-refractivity contribution in [3.05, 3.63) is 101 Å². The first-order chi connectivity index (χ1) is 26.1. The molecule has 2 saturated heterocycles. The van der Waals surface area contributed by atoms with Gasteiger partial charge in [-0.25, -0.2) is 9.59 Å². The molecule has 8 nitrogen and oxygen atoms in total. The van der Waals surface area contributed by atoms with Gasteiger partial charge in [-0.1, -0.05) is 60.7 Å². The molecule has 6 aliphatic rings. The second-order valence-electron chi connectivity index (χ2n) is 17.1. The molecular formula is C45H58N6O2. The molecule has 4 N–H and O–H groups in total. The predicted molar refractivity (Wildman–Crippen MR) is 210 cm³/mol. The zero-order valence-corrected chi connectivity index (χ0v) is 31.3. The van der Waals surface area contributed by atoms with Gasteiger partial charge in [-0.2, -0.15) is 0 Å². The van der Waals surface area contributed by atoms with Gasteiger partial charge in [0.25, 0.3) is 0 Å². The van der Waals surface area contributed by atoms with E-state index in [4.69, 9.17) is 0 Å². The van der Waals surface area contributed by atoms with Crippen molar-refractivity contribution in [1.29, 1.82) is 0 Å². The molecule has 3 aromatic carbocycles. The first kappa shape index (κ1) is 34.9. The Morgan fingerprint density at radius 1 is 0.509 bits per heavy atom. The summed E-state index contributed by atoms with van der Waals surface area (Å²) < 4.78 is 0. The van der Waals surface area contributed by atoms with Gasteiger partial charge in [0.1, 0.15) is 0 Å². The van der Waals surface area contributed by atoms with Gasteiger partial charge in [0.05, 0.1) is 0 Å². The second kappa shape index (κ2) is 15.5. The number of nitrogens with one attached hydrogen (secondary N) is 4. The van der Waals surface area contributed by atoms with Crippen LogP contribution >= 0.6 is 0 Å². The van der Waals surface area contributed by atoms with Crippen molar-refractivity contribution in [2.45, 2.75) is 133 Å². The average molecular weight is 715 g/mol. The summed E-state index contributed by atoms with van der Waals surface area (Å²) in [6.45, 7) is 2.86. The fraction of sp³-hybridized carbons (Fsp3) is 0.556. The number of amides is 4. The Kier molecular flexibility index (Phi) is 10.2. The van der Waals surface area contributed by atoms with E-state index in [9.17, 15) is 9.59 Å². The molecule has 4 unspecified atom stereocenters. The van der Waals surface area contributed by atoms with Crippen molar-refractivity contribution in [3.8, 4) is 0 Å². The summed E-state index contributed by atoms with van der Waals surface area (Å²) in [5, 5.41) is 12.5. The number of hydrogen-bond acceptors (Lipinski definition) is 4. The van der Waals surface area contributed by atoms with E-state index in [0.29, 0.717) is 30.7 Å². The molecule has 3 aromatic rings. The van der Waals surface area contributed by atoms with Gasteiger partial charge in [-0.3, -0.25) is 9.80 Å². The van der Waals surface area contributed by atoms with Crippen LogP contribution in [-0.2, 0) is 6.54 Å². The third-order valence-corrected chi connectivity index (χ3v) is 14.1. The Morgan fingerprint density at radius 3 is 1.36 bits per heavy atom. The van der Waals surface area contributed by atoms with Crippen LogP contribution in [-0.4, -0.2) is 47.0 Å². The van der Waals surface area contributed by atoms with E-state index in [1.54, 1.807) is 22.3 Å². The monoisotopic (exact) mass is 714 g/mol. The van der Waals surface area contributed by atoms with Crippen LogP contribution in [0.15, 0.2) is 72.8 Å². The summed E-state index contributed by atoms with van der Waals surface area (Å²) in [6, 6.07) is 28.7. The summed E-state index contributed by atoms with van der Waals surface area (Å²) in [4.78, 5) is 31.1. The maximum Gasteiger partial charge on any atom is 0.319 e. The zero-order chi connectivity index (χ0) is 35.7. The molecule has 8 heteroatoms. The average Bonchev–Trinajstić information content (AvgIpc) is 3.95. The molecule has 0 spiro atoms. The van der Waals surface area contributed by atoms with Crippen LogP contribution in [0.3, 0.4) is 0 Å². The Morgan fingerprint density at radius 2 is 0.925 bits per heavy atom. The fourth-order valence-electron chi connectivity index (χ4n) is 11.3. The van der Waals surface area contributed by atoms with E-state index in [-0.39, 0.29) is 24.1 Å². The highest BCUT2D eigenvalue weighted by Gasteiger charge is 2.44. The van der Waals surface area contributed by atoms with E-state index < -0.39 is 0 Å². The van der Waals surface area contributed by atoms with E-state index in [1.807, 2.05) is 24.3 Å². The number of carbonyl (C=O) groups excluding carboxylic acids is 2. The van der Waals surface area contributed by atoms with Gasteiger partial charge in [0.15, 0.2) is 0 Å². The number of hydrogen-bond donors (Lipinski definition) is 4. The highest BCUT2D eigenvalue weighted by Crippen LogP contribution is 2.54. The second-order valence-corrected chi connectivity index (χ2v) is 17.1. The summed E-state index contributed by atoms with van der Waals surface area (Å²) in [5.74, 6) is 1.51. The van der Waals surface area contributed by atoms with Gasteiger partial charge in [0, 0.05) is 48.5 Å². The number of rotatable bonds is 11. The first-order valence-corrected chi connectivity index (χ1v) is 21.0. The topological polar surface area (TPSA) is 88.7 Å². The number of urea groups is 2. The first-order valence-electron chi connectivity index (χ1n) is 21.0. The van der Waals surface area contributed by atoms with E-state index >= 15 is 0 Å². The lowest BCUT2D eigenvalue weighted by atomic mass is 9.84. The molecule has 4 amide bonds. The van der Waals surface area contributed by atoms with Crippen LogP contribution in [0.2, 0.25) is 0 Å². The summed E-state index contributed by atoms with van der Waals surface area (Å²) in [7, 11) is 0. The summed E-state index contributed by atoms with van der Waals surface area (Å²) in [6.07, 6.45) is 16.7. The minimum atomic E-state index is -0.131. The number of fused-ring (bicyclic) bond motifs is 10. The SMILES string of the molecule is O=C(NCc1ccc(NC(=O)NC2CCC(CCN3C4CCC3c3ccccc34)CC2)cc1)NC1CCC(CCN2C3CCC2c2ccccc23)CC1. The van der Waals surface area contributed by atoms with Gasteiger partial charge >= 0.3 is 12.1 Å². The van der Waals surface area contributed by atoms with Crippen molar-refractivity contribution >= 4 is 17.7 Å². The van der Waals surface area contributed by atoms with Crippen molar-refractivity contribution < 1.29 is 9.59 Å². The third-order valence-electron chi connectivity index (χ3n) is 14.1. The molecule has 280 valence electrons. The number of anilines is 1. The highest BCUT2D eigenvalue weighted by atomic mass is 16.2. The maximum atomic E-state index is 12.8. The summed E-state index contributed by atoms with van der Waals surface area (Å²) in [5.41, 5.74) is 8.06. The van der Waals surface area contributed by atoms with Gasteiger partial charge in [-0.15, -0.1) is 0 Å². The molecule has 4 atom stereocenters. The minimum Gasteiger partial charge on any atom is -0.335 e. The predicted octanol–water partition coefficient (Wildman–Crippen LogP) is 9.29.